The van der Waals surface area contributed by atoms with E-state index >= 15 is 0 Å². The number of aromatic nitrogens is 4. The third-order valence-corrected chi connectivity index (χ3v) is 6.63. The van der Waals surface area contributed by atoms with Crippen molar-refractivity contribution in [1.29, 1.82) is 0 Å². The molecule has 2 heterocycles. The summed E-state index contributed by atoms with van der Waals surface area (Å²) in [6.45, 7) is 0.151. The maximum atomic E-state index is 12.4. The van der Waals surface area contributed by atoms with Crippen LogP contribution in [0.2, 0.25) is 0 Å². The van der Waals surface area contributed by atoms with Crippen LogP contribution in [0.5, 0.6) is 0 Å². The maximum absolute atomic E-state index is 12.4. The van der Waals surface area contributed by atoms with Gasteiger partial charge in [-0.2, -0.15) is 10.2 Å². The average Bonchev–Trinajstić information content (AvgIpc) is 3.53. The van der Waals surface area contributed by atoms with Gasteiger partial charge in [-0.3, -0.25) is 10.2 Å². The lowest BCUT2D eigenvalue weighted by molar-refractivity contribution is -0.145. The number of esters is 2. The zero-order valence-corrected chi connectivity index (χ0v) is 22.0. The van der Waals surface area contributed by atoms with E-state index in [9.17, 15) is 9.59 Å². The van der Waals surface area contributed by atoms with Crippen LogP contribution in [-0.4, -0.2) is 57.6 Å². The highest BCUT2D eigenvalue weighted by molar-refractivity contribution is 6.17. The fourth-order valence-corrected chi connectivity index (χ4v) is 4.36. The standard InChI is InChI=1S/C26H28Cl2N6O4/c27-11-15-1-3-21-19(7-15)23(33-31-21)9-17(13-29)37-25(35)5-6-26(36)38-18(14-30)10-24-20-8-16(12-28)2-4-22(20)32-34-24/h1-8,17-18H,9-14,29-30H2,(H,31,33)(H,32,34)/b6-5+. The van der Waals surface area contributed by atoms with Crippen LogP contribution >= 0.6 is 23.2 Å². The van der Waals surface area contributed by atoms with Crippen LogP contribution in [0.3, 0.4) is 0 Å². The number of hydrogen-bond donors (Lipinski definition) is 4. The van der Waals surface area contributed by atoms with E-state index in [-0.39, 0.29) is 13.1 Å². The number of H-pyrrole nitrogens is 2. The Kier molecular flexibility index (Phi) is 9.35. The van der Waals surface area contributed by atoms with Crippen molar-refractivity contribution < 1.29 is 19.1 Å². The third-order valence-electron chi connectivity index (χ3n) is 6.01. The number of alkyl halides is 2. The highest BCUT2D eigenvalue weighted by atomic mass is 35.5. The predicted molar refractivity (Wildman–Crippen MR) is 146 cm³/mol. The number of carbonyl (C=O) groups is 2. The van der Waals surface area contributed by atoms with Crippen LogP contribution in [0, 0.1) is 0 Å². The van der Waals surface area contributed by atoms with E-state index in [1.165, 1.54) is 0 Å². The SMILES string of the molecule is NCC(Cc1n[nH]c2ccc(CCl)cc12)OC(=O)/C=C/C(=O)OC(CN)Cc1n[nH]c2ccc(CCl)cc12. The predicted octanol–water partition coefficient (Wildman–Crippen LogP) is 3.00. The Bertz CT molecular complexity index is 1340. The van der Waals surface area contributed by atoms with Gasteiger partial charge in [0, 0.05) is 60.6 Å². The molecule has 2 atom stereocenters. The lowest BCUT2D eigenvalue weighted by Gasteiger charge is -2.15. The number of aromatic amines is 2. The molecule has 4 aromatic rings. The lowest BCUT2D eigenvalue weighted by atomic mass is 10.1. The van der Waals surface area contributed by atoms with E-state index in [0.29, 0.717) is 36.0 Å². The second-order valence-electron chi connectivity index (χ2n) is 8.70. The minimum atomic E-state index is -0.727. The molecular formula is C26H28Cl2N6O4. The number of nitrogens with two attached hydrogens (primary N) is 2. The van der Waals surface area contributed by atoms with Gasteiger partial charge >= 0.3 is 11.9 Å². The molecule has 0 aliphatic carbocycles. The molecule has 10 nitrogen and oxygen atoms in total. The number of halogens is 2. The molecule has 0 amide bonds. The summed E-state index contributed by atoms with van der Waals surface area (Å²) in [5.74, 6) is -0.714. The fourth-order valence-electron chi connectivity index (χ4n) is 4.03. The van der Waals surface area contributed by atoms with Gasteiger partial charge in [-0.1, -0.05) is 12.1 Å². The monoisotopic (exact) mass is 558 g/mol. The molecule has 0 fully saturated rings. The number of hydrogen-bond acceptors (Lipinski definition) is 8. The molecule has 12 heteroatoms. The first kappa shape index (κ1) is 27.6. The normalized spacial score (nSPS) is 13.3. The number of benzene rings is 2. The molecule has 0 bridgehead atoms. The Morgan fingerprint density at radius 3 is 1.58 bits per heavy atom. The summed E-state index contributed by atoms with van der Waals surface area (Å²) in [7, 11) is 0. The van der Waals surface area contributed by atoms with Crippen molar-refractivity contribution >= 4 is 56.9 Å². The first-order valence-corrected chi connectivity index (χ1v) is 13.0. The minimum Gasteiger partial charge on any atom is -0.457 e. The van der Waals surface area contributed by atoms with E-state index in [2.05, 4.69) is 20.4 Å². The first-order valence-electron chi connectivity index (χ1n) is 12.0. The van der Waals surface area contributed by atoms with Crippen LogP contribution in [0.1, 0.15) is 22.5 Å². The van der Waals surface area contributed by atoms with Crippen molar-refractivity contribution in [3.8, 4) is 0 Å². The number of fused-ring (bicyclic) bond motifs is 2. The Hall–Kier alpha value is -3.44. The molecule has 6 N–H and O–H groups in total. The molecule has 200 valence electrons. The number of rotatable bonds is 12. The van der Waals surface area contributed by atoms with Gasteiger partial charge in [-0.15, -0.1) is 23.2 Å². The fraction of sp³-hybridized carbons (Fsp3) is 0.308. The van der Waals surface area contributed by atoms with Crippen molar-refractivity contribution in [1.82, 2.24) is 20.4 Å². The van der Waals surface area contributed by atoms with Gasteiger partial charge in [-0.05, 0) is 35.4 Å². The Morgan fingerprint density at radius 2 is 1.21 bits per heavy atom. The molecule has 0 aliphatic rings. The first-order chi connectivity index (χ1) is 18.4. The molecule has 0 spiro atoms. The van der Waals surface area contributed by atoms with Gasteiger partial charge in [-0.25, -0.2) is 9.59 Å². The van der Waals surface area contributed by atoms with Crippen molar-refractivity contribution in [2.45, 2.75) is 36.8 Å². The second kappa shape index (κ2) is 12.9. The van der Waals surface area contributed by atoms with Crippen LogP contribution in [0.15, 0.2) is 48.6 Å². The molecule has 0 radical (unpaired) electrons. The van der Waals surface area contributed by atoms with E-state index in [1.807, 2.05) is 36.4 Å². The number of nitrogens with zero attached hydrogens (tertiary/aromatic N) is 2. The quantitative estimate of drug-likeness (QED) is 0.117. The van der Waals surface area contributed by atoms with Crippen LogP contribution in [0.4, 0.5) is 0 Å². The van der Waals surface area contributed by atoms with Crippen LogP contribution in [0.25, 0.3) is 21.8 Å². The molecule has 0 saturated heterocycles. The summed E-state index contributed by atoms with van der Waals surface area (Å²) in [6.07, 6.45) is 1.32. The summed E-state index contributed by atoms with van der Waals surface area (Å²) in [6, 6.07) is 11.5. The number of carbonyl (C=O) groups excluding carboxylic acids is 2. The van der Waals surface area contributed by atoms with Crippen LogP contribution in [-0.2, 0) is 43.7 Å². The van der Waals surface area contributed by atoms with E-state index in [0.717, 1.165) is 45.1 Å². The average molecular weight is 559 g/mol. The molecule has 38 heavy (non-hydrogen) atoms. The summed E-state index contributed by atoms with van der Waals surface area (Å²) in [5.41, 5.74) is 16.6. The minimum absolute atomic E-state index is 0.0753. The topological polar surface area (TPSA) is 162 Å². The van der Waals surface area contributed by atoms with Gasteiger partial charge < -0.3 is 20.9 Å². The lowest BCUT2D eigenvalue weighted by Crippen LogP contribution is -2.29. The highest BCUT2D eigenvalue weighted by Gasteiger charge is 2.19. The Morgan fingerprint density at radius 1 is 0.789 bits per heavy atom. The van der Waals surface area contributed by atoms with Crippen molar-refractivity contribution in [2.24, 2.45) is 11.5 Å². The summed E-state index contributed by atoms with van der Waals surface area (Å²) in [5, 5.41) is 16.3. The van der Waals surface area contributed by atoms with E-state index < -0.39 is 24.1 Å². The second-order valence-corrected chi connectivity index (χ2v) is 9.23. The van der Waals surface area contributed by atoms with Crippen molar-refractivity contribution in [3.63, 3.8) is 0 Å². The maximum Gasteiger partial charge on any atom is 0.331 e. The molecule has 2 unspecified atom stereocenters. The Labute approximate surface area is 228 Å². The molecule has 4 rings (SSSR count). The van der Waals surface area contributed by atoms with Gasteiger partial charge in [0.05, 0.1) is 22.4 Å². The summed E-state index contributed by atoms with van der Waals surface area (Å²) >= 11 is 11.9. The molecule has 2 aromatic heterocycles. The zero-order valence-electron chi connectivity index (χ0n) is 20.5. The van der Waals surface area contributed by atoms with E-state index in [1.54, 1.807) is 0 Å². The van der Waals surface area contributed by atoms with Crippen molar-refractivity contribution in [3.05, 3.63) is 71.1 Å². The highest BCUT2D eigenvalue weighted by Crippen LogP contribution is 2.22. The Balaban J connectivity index is 1.33. The zero-order chi connectivity index (χ0) is 27.1. The van der Waals surface area contributed by atoms with Crippen LogP contribution < -0.4 is 11.5 Å². The van der Waals surface area contributed by atoms with Crippen molar-refractivity contribution in [2.75, 3.05) is 13.1 Å². The molecular weight excluding hydrogens is 531 g/mol. The largest absolute Gasteiger partial charge is 0.457 e. The molecule has 0 saturated carbocycles. The molecule has 2 aromatic carbocycles. The third kappa shape index (κ3) is 6.70. The number of ether oxygens (including phenoxy) is 2. The van der Waals surface area contributed by atoms with Gasteiger partial charge in [0.1, 0.15) is 12.2 Å². The van der Waals surface area contributed by atoms with Gasteiger partial charge in [0.2, 0.25) is 0 Å². The van der Waals surface area contributed by atoms with Gasteiger partial charge in [0.15, 0.2) is 0 Å². The summed E-state index contributed by atoms with van der Waals surface area (Å²) < 4.78 is 10.9. The molecule has 0 aliphatic heterocycles. The number of nitrogens with one attached hydrogen (secondary N) is 2. The van der Waals surface area contributed by atoms with Gasteiger partial charge in [0.25, 0.3) is 0 Å². The van der Waals surface area contributed by atoms with E-state index in [4.69, 9.17) is 44.1 Å². The smallest absolute Gasteiger partial charge is 0.331 e. The summed E-state index contributed by atoms with van der Waals surface area (Å²) in [4.78, 5) is 24.7.